The molecule has 0 radical (unpaired) electrons. The van der Waals surface area contributed by atoms with Crippen LogP contribution in [0.4, 0.5) is 4.79 Å². The molecule has 1 atom stereocenters. The molecule has 1 amide bonds. The van der Waals surface area contributed by atoms with E-state index in [0.717, 1.165) is 27.6 Å². The third kappa shape index (κ3) is 4.62. The van der Waals surface area contributed by atoms with E-state index in [1.165, 1.54) is 0 Å². The predicted molar refractivity (Wildman–Crippen MR) is 97.5 cm³/mol. The van der Waals surface area contributed by atoms with Gasteiger partial charge in [0.1, 0.15) is 11.6 Å². The Morgan fingerprint density at radius 2 is 2.04 bits per heavy atom. The van der Waals surface area contributed by atoms with Crippen LogP contribution in [0.25, 0.3) is 16.5 Å². The number of hydrogen-bond donors (Lipinski definition) is 3. The predicted octanol–water partition coefficient (Wildman–Crippen LogP) is 3.72. The molecule has 0 aliphatic carbocycles. The fraction of sp³-hybridized carbons (Fsp3) is 0.368. The minimum absolute atomic E-state index is 0.147. The van der Waals surface area contributed by atoms with Crippen LogP contribution >= 0.6 is 0 Å². The highest BCUT2D eigenvalue weighted by atomic mass is 16.6. The van der Waals surface area contributed by atoms with Crippen LogP contribution < -0.4 is 5.32 Å². The van der Waals surface area contributed by atoms with Gasteiger partial charge in [-0.05, 0) is 38.8 Å². The van der Waals surface area contributed by atoms with Crippen LogP contribution in [-0.2, 0) is 16.0 Å². The number of rotatable bonds is 5. The van der Waals surface area contributed by atoms with Crippen LogP contribution in [0.1, 0.15) is 38.8 Å². The van der Waals surface area contributed by atoms with Gasteiger partial charge < -0.3 is 20.1 Å². The van der Waals surface area contributed by atoms with Gasteiger partial charge in [-0.1, -0.05) is 24.8 Å². The van der Waals surface area contributed by atoms with E-state index in [1.54, 1.807) is 27.0 Å². The molecule has 0 spiro atoms. The Kier molecular flexibility index (Phi) is 5.21. The minimum atomic E-state index is -1.11. The van der Waals surface area contributed by atoms with Gasteiger partial charge >= 0.3 is 12.1 Å². The van der Waals surface area contributed by atoms with Crippen LogP contribution in [-0.4, -0.2) is 33.8 Å². The second-order valence-electron chi connectivity index (χ2n) is 7.06. The maximum Gasteiger partial charge on any atom is 0.408 e. The van der Waals surface area contributed by atoms with E-state index < -0.39 is 23.7 Å². The summed E-state index contributed by atoms with van der Waals surface area (Å²) in [5, 5.41) is 12.8. The number of nitrogens with one attached hydrogen (secondary N) is 2. The van der Waals surface area contributed by atoms with Crippen LogP contribution in [0.15, 0.2) is 31.0 Å². The van der Waals surface area contributed by atoms with Crippen molar-refractivity contribution < 1.29 is 19.4 Å². The second-order valence-corrected chi connectivity index (χ2v) is 7.06. The number of alkyl carbamates (subject to hydrolysis) is 1. The number of hydrogen-bond acceptors (Lipinski definition) is 3. The molecule has 1 unspecified atom stereocenters. The summed E-state index contributed by atoms with van der Waals surface area (Å²) in [4.78, 5) is 26.6. The highest BCUT2D eigenvalue weighted by Crippen LogP contribution is 2.26. The number of carboxylic acids is 1. The average molecular weight is 344 g/mol. The van der Waals surface area contributed by atoms with Gasteiger partial charge in [-0.25, -0.2) is 9.59 Å². The lowest BCUT2D eigenvalue weighted by molar-refractivity contribution is -0.139. The van der Waals surface area contributed by atoms with Crippen molar-refractivity contribution in [2.24, 2.45) is 0 Å². The van der Waals surface area contributed by atoms with Crippen LogP contribution in [0.2, 0.25) is 0 Å². The molecule has 0 aliphatic rings. The van der Waals surface area contributed by atoms with Gasteiger partial charge in [0.2, 0.25) is 0 Å². The standard InChI is InChI=1S/C19H24N2O4/c1-11(2)13-7-6-8-14-12(10-20-16(13)14)9-15(17(22)23)21-18(24)25-19(3,4)5/h6-8,10,15,20H,1,9H2,2-5H3,(H,21,24)(H,22,23). The monoisotopic (exact) mass is 344 g/mol. The number of aromatic nitrogens is 1. The molecule has 134 valence electrons. The van der Waals surface area contributed by atoms with Gasteiger partial charge in [0.25, 0.3) is 0 Å². The Morgan fingerprint density at radius 3 is 2.60 bits per heavy atom. The van der Waals surface area contributed by atoms with Crippen LogP contribution in [0.3, 0.4) is 0 Å². The summed E-state index contributed by atoms with van der Waals surface area (Å²) < 4.78 is 5.14. The third-order valence-electron chi connectivity index (χ3n) is 3.67. The smallest absolute Gasteiger partial charge is 0.408 e. The molecule has 1 heterocycles. The van der Waals surface area contributed by atoms with Crippen molar-refractivity contribution in [3.8, 4) is 0 Å². The van der Waals surface area contributed by atoms with Gasteiger partial charge in [-0.3, -0.25) is 0 Å². The fourth-order valence-electron chi connectivity index (χ4n) is 2.61. The zero-order chi connectivity index (χ0) is 18.8. The maximum absolute atomic E-state index is 11.9. The third-order valence-corrected chi connectivity index (χ3v) is 3.67. The molecule has 0 saturated heterocycles. The molecule has 6 nitrogen and oxygen atoms in total. The lowest BCUT2D eigenvalue weighted by atomic mass is 10.0. The zero-order valence-corrected chi connectivity index (χ0v) is 15.0. The Morgan fingerprint density at radius 1 is 1.36 bits per heavy atom. The highest BCUT2D eigenvalue weighted by molar-refractivity contribution is 5.93. The van der Waals surface area contributed by atoms with Crippen molar-refractivity contribution in [2.45, 2.75) is 45.8 Å². The van der Waals surface area contributed by atoms with E-state index in [2.05, 4.69) is 16.9 Å². The molecule has 25 heavy (non-hydrogen) atoms. The van der Waals surface area contributed by atoms with E-state index in [0.29, 0.717) is 0 Å². The average Bonchev–Trinajstić information content (AvgIpc) is 2.87. The number of amides is 1. The summed E-state index contributed by atoms with van der Waals surface area (Å²) in [5.74, 6) is -1.11. The normalized spacial score (nSPS) is 12.6. The van der Waals surface area contributed by atoms with Gasteiger partial charge in [0.15, 0.2) is 0 Å². The van der Waals surface area contributed by atoms with Crippen molar-refractivity contribution in [3.63, 3.8) is 0 Å². The number of allylic oxidation sites excluding steroid dienone is 1. The van der Waals surface area contributed by atoms with E-state index in [9.17, 15) is 14.7 Å². The first-order chi connectivity index (χ1) is 11.6. The molecule has 1 aromatic carbocycles. The lowest BCUT2D eigenvalue weighted by Crippen LogP contribution is -2.44. The summed E-state index contributed by atoms with van der Waals surface area (Å²) in [5.41, 5.74) is 2.92. The highest BCUT2D eigenvalue weighted by Gasteiger charge is 2.25. The van der Waals surface area contributed by atoms with E-state index in [4.69, 9.17) is 4.74 Å². The summed E-state index contributed by atoms with van der Waals surface area (Å²) in [6.45, 7) is 11.0. The van der Waals surface area contributed by atoms with Gasteiger partial charge in [-0.2, -0.15) is 0 Å². The number of para-hydroxylation sites is 1. The molecule has 0 fully saturated rings. The van der Waals surface area contributed by atoms with Crippen LogP contribution in [0, 0.1) is 0 Å². The summed E-state index contributed by atoms with van der Waals surface area (Å²) in [6.07, 6.45) is 1.17. The van der Waals surface area contributed by atoms with E-state index in [-0.39, 0.29) is 6.42 Å². The lowest BCUT2D eigenvalue weighted by Gasteiger charge is -2.22. The Bertz CT molecular complexity index is 814. The molecule has 1 aromatic heterocycles. The second kappa shape index (κ2) is 7.01. The molecule has 3 N–H and O–H groups in total. The molecule has 2 rings (SSSR count). The first-order valence-electron chi connectivity index (χ1n) is 8.05. The van der Waals surface area contributed by atoms with Crippen molar-refractivity contribution in [1.29, 1.82) is 0 Å². The number of aliphatic carboxylic acids is 1. The van der Waals surface area contributed by atoms with E-state index >= 15 is 0 Å². The molecular formula is C19H24N2O4. The fourth-order valence-corrected chi connectivity index (χ4v) is 2.61. The number of H-pyrrole nitrogens is 1. The molecule has 6 heteroatoms. The Hall–Kier alpha value is -2.76. The van der Waals surface area contributed by atoms with Crippen molar-refractivity contribution in [2.75, 3.05) is 0 Å². The van der Waals surface area contributed by atoms with Crippen molar-refractivity contribution in [1.82, 2.24) is 10.3 Å². The first-order valence-corrected chi connectivity index (χ1v) is 8.05. The van der Waals surface area contributed by atoms with Crippen molar-refractivity contribution in [3.05, 3.63) is 42.1 Å². The molecule has 0 bridgehead atoms. The van der Waals surface area contributed by atoms with Gasteiger partial charge in [0, 0.05) is 23.6 Å². The zero-order valence-electron chi connectivity index (χ0n) is 15.0. The number of fused-ring (bicyclic) bond motifs is 1. The van der Waals surface area contributed by atoms with Crippen molar-refractivity contribution >= 4 is 28.5 Å². The number of aromatic amines is 1. The largest absolute Gasteiger partial charge is 0.480 e. The quantitative estimate of drug-likeness (QED) is 0.771. The molecule has 0 saturated carbocycles. The molecule has 2 aromatic rings. The Balaban J connectivity index is 2.24. The summed E-state index contributed by atoms with van der Waals surface area (Å²) in [6, 6.07) is 4.70. The Labute approximate surface area is 146 Å². The summed E-state index contributed by atoms with van der Waals surface area (Å²) in [7, 11) is 0. The minimum Gasteiger partial charge on any atom is -0.480 e. The SMILES string of the molecule is C=C(C)c1cccc2c(CC(NC(=O)OC(C)(C)C)C(=O)O)c[nH]c12. The van der Waals surface area contributed by atoms with Gasteiger partial charge in [0.05, 0.1) is 5.52 Å². The first kappa shape index (κ1) is 18.6. The number of ether oxygens (including phenoxy) is 1. The number of benzene rings is 1. The van der Waals surface area contributed by atoms with Gasteiger partial charge in [-0.15, -0.1) is 0 Å². The van der Waals surface area contributed by atoms with Crippen LogP contribution in [0.5, 0.6) is 0 Å². The summed E-state index contributed by atoms with van der Waals surface area (Å²) >= 11 is 0. The molecule has 0 aliphatic heterocycles. The topological polar surface area (TPSA) is 91.4 Å². The van der Waals surface area contributed by atoms with E-state index in [1.807, 2.05) is 25.1 Å². The maximum atomic E-state index is 11.9. The molecular weight excluding hydrogens is 320 g/mol. The number of carbonyl (C=O) groups excluding carboxylic acids is 1. The number of carbonyl (C=O) groups is 2. The number of carboxylic acid groups (broad SMARTS) is 1.